The number of amides is 2. The van der Waals surface area contributed by atoms with Gasteiger partial charge < -0.3 is 15.6 Å². The maximum atomic E-state index is 11.9. The Morgan fingerprint density at radius 2 is 1.45 bits per heavy atom. The minimum atomic E-state index is 0.0301. The van der Waals surface area contributed by atoms with Crippen LogP contribution in [0.1, 0.15) is 52.4 Å². The minimum absolute atomic E-state index is 0.0301. The van der Waals surface area contributed by atoms with Gasteiger partial charge in [-0.1, -0.05) is 26.7 Å². The van der Waals surface area contributed by atoms with E-state index in [0.29, 0.717) is 12.8 Å². The summed E-state index contributed by atoms with van der Waals surface area (Å²) in [5, 5.41) is 5.84. The first-order chi connectivity index (χ1) is 14.1. The first-order valence-corrected chi connectivity index (χ1v) is 10.3. The summed E-state index contributed by atoms with van der Waals surface area (Å²) in [6.45, 7) is 4.14. The number of fused-ring (bicyclic) bond motifs is 1. The Kier molecular flexibility index (Phi) is 7.00. The van der Waals surface area contributed by atoms with Crippen LogP contribution in [0.3, 0.4) is 0 Å². The summed E-state index contributed by atoms with van der Waals surface area (Å²) in [6.07, 6.45) is 4.85. The van der Waals surface area contributed by atoms with E-state index in [1.165, 1.54) is 0 Å². The molecule has 2 amide bonds. The van der Waals surface area contributed by atoms with Gasteiger partial charge in [0.1, 0.15) is 5.82 Å². The fourth-order valence-electron chi connectivity index (χ4n) is 3.06. The predicted octanol–water partition coefficient (Wildman–Crippen LogP) is 5.49. The topological polar surface area (TPSA) is 86.9 Å². The molecular weight excluding hydrogens is 364 g/mol. The summed E-state index contributed by atoms with van der Waals surface area (Å²) in [7, 11) is 0. The Balaban J connectivity index is 1.69. The Bertz CT molecular complexity index is 976. The molecule has 0 aliphatic carbocycles. The molecule has 0 atom stereocenters. The summed E-state index contributed by atoms with van der Waals surface area (Å²) in [5.41, 5.74) is 4.18. The lowest BCUT2D eigenvalue weighted by Crippen LogP contribution is -2.10. The second-order valence-corrected chi connectivity index (χ2v) is 7.20. The number of carbonyl (C=O) groups is 2. The van der Waals surface area contributed by atoms with Crippen molar-refractivity contribution in [2.24, 2.45) is 0 Å². The standard InChI is InChI=1S/C23H28N4O2/c1-3-5-7-21(28)24-17-11-9-16(10-12-17)23-26-19-14-13-18(15-20(19)27-23)25-22(29)8-6-4-2/h9-15H,3-8H2,1-2H3,(H,24,28)(H,25,29)(H,26,27). The number of anilines is 2. The molecule has 6 heteroatoms. The van der Waals surface area contributed by atoms with Gasteiger partial charge >= 0.3 is 0 Å². The first-order valence-electron chi connectivity index (χ1n) is 10.3. The fraction of sp³-hybridized carbons (Fsp3) is 0.348. The molecule has 3 N–H and O–H groups in total. The molecule has 29 heavy (non-hydrogen) atoms. The van der Waals surface area contributed by atoms with Crippen molar-refractivity contribution in [2.45, 2.75) is 52.4 Å². The minimum Gasteiger partial charge on any atom is -0.338 e. The van der Waals surface area contributed by atoms with Crippen LogP contribution in [0, 0.1) is 0 Å². The third kappa shape index (κ3) is 5.67. The third-order valence-electron chi connectivity index (χ3n) is 4.72. The number of hydrogen-bond donors (Lipinski definition) is 3. The van der Waals surface area contributed by atoms with Crippen LogP contribution < -0.4 is 10.6 Å². The van der Waals surface area contributed by atoms with Crippen LogP contribution in [-0.4, -0.2) is 21.8 Å². The van der Waals surface area contributed by atoms with E-state index in [1.54, 1.807) is 0 Å². The van der Waals surface area contributed by atoms with E-state index in [4.69, 9.17) is 0 Å². The van der Waals surface area contributed by atoms with Crippen molar-refractivity contribution in [3.63, 3.8) is 0 Å². The SMILES string of the molecule is CCCCC(=O)Nc1ccc(-c2nc3ccc(NC(=O)CCCC)cc3[nH]2)cc1. The molecule has 0 unspecified atom stereocenters. The monoisotopic (exact) mass is 392 g/mol. The van der Waals surface area contributed by atoms with Gasteiger partial charge in [-0.15, -0.1) is 0 Å². The number of unbranched alkanes of at least 4 members (excludes halogenated alkanes) is 2. The van der Waals surface area contributed by atoms with E-state index in [2.05, 4.69) is 34.4 Å². The van der Waals surface area contributed by atoms with Gasteiger partial charge in [0.2, 0.25) is 11.8 Å². The van der Waals surface area contributed by atoms with Gasteiger partial charge in [-0.3, -0.25) is 9.59 Å². The molecule has 1 aromatic heterocycles. The Labute approximate surface area is 171 Å². The lowest BCUT2D eigenvalue weighted by atomic mass is 10.2. The van der Waals surface area contributed by atoms with Crippen LogP contribution in [0.25, 0.3) is 22.4 Å². The average Bonchev–Trinajstić information content (AvgIpc) is 3.14. The fourth-order valence-corrected chi connectivity index (χ4v) is 3.06. The predicted molar refractivity (Wildman–Crippen MR) is 118 cm³/mol. The molecule has 152 valence electrons. The van der Waals surface area contributed by atoms with Gasteiger partial charge in [0.25, 0.3) is 0 Å². The summed E-state index contributed by atoms with van der Waals surface area (Å²) < 4.78 is 0. The van der Waals surface area contributed by atoms with Crippen molar-refractivity contribution in [2.75, 3.05) is 10.6 Å². The summed E-state index contributed by atoms with van der Waals surface area (Å²) >= 11 is 0. The summed E-state index contributed by atoms with van der Waals surface area (Å²) in [6, 6.07) is 13.3. The highest BCUT2D eigenvalue weighted by atomic mass is 16.2. The van der Waals surface area contributed by atoms with Crippen LogP contribution in [0.4, 0.5) is 11.4 Å². The van der Waals surface area contributed by atoms with Crippen LogP contribution in [0.5, 0.6) is 0 Å². The van der Waals surface area contributed by atoms with E-state index >= 15 is 0 Å². The van der Waals surface area contributed by atoms with Gasteiger partial charge in [0, 0.05) is 29.8 Å². The molecule has 0 saturated carbocycles. The van der Waals surface area contributed by atoms with Crippen LogP contribution in [-0.2, 0) is 9.59 Å². The number of carbonyl (C=O) groups excluding carboxylic acids is 2. The number of H-pyrrole nitrogens is 1. The third-order valence-corrected chi connectivity index (χ3v) is 4.72. The molecular formula is C23H28N4O2. The molecule has 6 nitrogen and oxygen atoms in total. The molecule has 3 rings (SSSR count). The van der Waals surface area contributed by atoms with Crippen molar-refractivity contribution >= 4 is 34.2 Å². The molecule has 0 aliphatic rings. The van der Waals surface area contributed by atoms with Crippen LogP contribution in [0.2, 0.25) is 0 Å². The molecule has 3 aromatic rings. The van der Waals surface area contributed by atoms with Gasteiger partial charge in [-0.25, -0.2) is 4.98 Å². The van der Waals surface area contributed by atoms with E-state index < -0.39 is 0 Å². The lowest BCUT2D eigenvalue weighted by molar-refractivity contribution is -0.117. The van der Waals surface area contributed by atoms with Crippen molar-refractivity contribution < 1.29 is 9.59 Å². The highest BCUT2D eigenvalue weighted by Crippen LogP contribution is 2.24. The summed E-state index contributed by atoms with van der Waals surface area (Å²) in [5.74, 6) is 0.817. The number of aromatic amines is 1. The molecule has 1 heterocycles. The molecule has 0 saturated heterocycles. The first kappa shape index (κ1) is 20.6. The van der Waals surface area contributed by atoms with Gasteiger partial charge in [0.05, 0.1) is 11.0 Å². The molecule has 0 radical (unpaired) electrons. The average molecular weight is 393 g/mol. The quantitative estimate of drug-likeness (QED) is 0.450. The second-order valence-electron chi connectivity index (χ2n) is 7.20. The maximum absolute atomic E-state index is 11.9. The Morgan fingerprint density at radius 1 is 0.862 bits per heavy atom. The number of nitrogens with one attached hydrogen (secondary N) is 3. The van der Waals surface area contributed by atoms with Crippen molar-refractivity contribution in [1.29, 1.82) is 0 Å². The second kappa shape index (κ2) is 9.87. The van der Waals surface area contributed by atoms with Crippen molar-refractivity contribution in [1.82, 2.24) is 9.97 Å². The number of hydrogen-bond acceptors (Lipinski definition) is 3. The highest BCUT2D eigenvalue weighted by Gasteiger charge is 2.08. The van der Waals surface area contributed by atoms with Crippen LogP contribution >= 0.6 is 0 Å². The van der Waals surface area contributed by atoms with E-state index in [-0.39, 0.29) is 11.8 Å². The molecule has 0 aliphatic heterocycles. The van der Waals surface area contributed by atoms with Crippen LogP contribution in [0.15, 0.2) is 42.5 Å². The number of rotatable bonds is 9. The zero-order valence-corrected chi connectivity index (χ0v) is 17.0. The van der Waals surface area contributed by atoms with Crippen molar-refractivity contribution in [3.05, 3.63) is 42.5 Å². The number of aromatic nitrogens is 2. The summed E-state index contributed by atoms with van der Waals surface area (Å²) in [4.78, 5) is 31.7. The smallest absolute Gasteiger partial charge is 0.224 e. The molecule has 0 fully saturated rings. The molecule has 0 spiro atoms. The van der Waals surface area contributed by atoms with Gasteiger partial charge in [-0.05, 0) is 55.3 Å². The molecule has 0 bridgehead atoms. The van der Waals surface area contributed by atoms with Gasteiger partial charge in [-0.2, -0.15) is 0 Å². The lowest BCUT2D eigenvalue weighted by Gasteiger charge is -2.05. The van der Waals surface area contributed by atoms with E-state index in [1.807, 2.05) is 42.5 Å². The van der Waals surface area contributed by atoms with E-state index in [9.17, 15) is 9.59 Å². The zero-order valence-electron chi connectivity index (χ0n) is 17.0. The Hall–Kier alpha value is -3.15. The van der Waals surface area contributed by atoms with Crippen molar-refractivity contribution in [3.8, 4) is 11.4 Å². The highest BCUT2D eigenvalue weighted by molar-refractivity contribution is 5.93. The largest absolute Gasteiger partial charge is 0.338 e. The normalized spacial score (nSPS) is 10.8. The zero-order chi connectivity index (χ0) is 20.6. The number of nitrogens with zero attached hydrogens (tertiary/aromatic N) is 1. The van der Waals surface area contributed by atoms with E-state index in [0.717, 1.165) is 59.5 Å². The Morgan fingerprint density at radius 3 is 2.07 bits per heavy atom. The van der Waals surface area contributed by atoms with Gasteiger partial charge in [0.15, 0.2) is 0 Å². The molecule has 2 aromatic carbocycles. The number of benzene rings is 2. The maximum Gasteiger partial charge on any atom is 0.224 e. The number of imidazole rings is 1.